The van der Waals surface area contributed by atoms with Gasteiger partial charge in [-0.2, -0.15) is 0 Å². The minimum Gasteiger partial charge on any atom is -0.476 e. The largest absolute Gasteiger partial charge is 0.476 e. The van der Waals surface area contributed by atoms with Gasteiger partial charge in [0.1, 0.15) is 5.75 Å². The zero-order valence-electron chi connectivity index (χ0n) is 14.7. The molecular weight excluding hydrogens is 376 g/mol. The van der Waals surface area contributed by atoms with Crippen LogP contribution in [0, 0.1) is 0 Å². The number of benzene rings is 1. The summed E-state index contributed by atoms with van der Waals surface area (Å²) in [5.41, 5.74) is 1.73. The molecule has 0 saturated heterocycles. The molecule has 0 bridgehead atoms. The van der Waals surface area contributed by atoms with Crippen molar-refractivity contribution in [2.24, 2.45) is 0 Å². The molecule has 1 atom stereocenters. The molecule has 0 radical (unpaired) electrons. The van der Waals surface area contributed by atoms with Crippen molar-refractivity contribution in [3.05, 3.63) is 34.9 Å². The van der Waals surface area contributed by atoms with Gasteiger partial charge in [-0.05, 0) is 50.3 Å². The number of sulfonamides is 1. The summed E-state index contributed by atoms with van der Waals surface area (Å²) in [6.45, 7) is 0.456. The first-order valence-corrected chi connectivity index (χ1v) is 11.0. The second-order valence-electron chi connectivity index (χ2n) is 6.66. The van der Waals surface area contributed by atoms with Crippen molar-refractivity contribution in [2.45, 2.75) is 38.2 Å². The van der Waals surface area contributed by atoms with E-state index in [1.807, 2.05) is 0 Å². The lowest BCUT2D eigenvalue weighted by molar-refractivity contribution is -0.127. The van der Waals surface area contributed by atoms with Gasteiger partial charge in [0.05, 0.1) is 18.5 Å². The van der Waals surface area contributed by atoms with E-state index in [-0.39, 0.29) is 12.5 Å². The number of carbonyl (C=O) groups excluding carboxylic acids is 1. The minimum atomic E-state index is -3.55. The number of amides is 1. The lowest BCUT2D eigenvalue weighted by Crippen LogP contribution is -2.50. The molecule has 142 valence electrons. The van der Waals surface area contributed by atoms with Crippen LogP contribution in [0.4, 0.5) is 5.69 Å². The van der Waals surface area contributed by atoms with E-state index in [2.05, 4.69) is 11.4 Å². The van der Waals surface area contributed by atoms with Crippen molar-refractivity contribution in [1.29, 1.82) is 0 Å². The average Bonchev–Trinajstić information content (AvgIpc) is 2.60. The molecule has 1 aromatic rings. The molecule has 1 aliphatic carbocycles. The molecule has 26 heavy (non-hydrogen) atoms. The van der Waals surface area contributed by atoms with Gasteiger partial charge in [0.25, 0.3) is 5.91 Å². The monoisotopic (exact) mass is 398 g/mol. The predicted octanol–water partition coefficient (Wildman–Crippen LogP) is 2.87. The van der Waals surface area contributed by atoms with Crippen LogP contribution in [0.5, 0.6) is 5.75 Å². The van der Waals surface area contributed by atoms with Crippen LogP contribution in [0.15, 0.2) is 29.8 Å². The number of ether oxygens (including phenoxy) is 1. The van der Waals surface area contributed by atoms with Crippen LogP contribution in [0.3, 0.4) is 0 Å². The van der Waals surface area contributed by atoms with Crippen LogP contribution in [0.1, 0.15) is 32.1 Å². The van der Waals surface area contributed by atoms with E-state index in [0.29, 0.717) is 23.0 Å². The topological polar surface area (TPSA) is 75.7 Å². The molecule has 1 aromatic carbocycles. The van der Waals surface area contributed by atoms with E-state index in [4.69, 9.17) is 16.3 Å². The summed E-state index contributed by atoms with van der Waals surface area (Å²) in [5.74, 6) is 0.0249. The molecule has 1 amide bonds. The fourth-order valence-corrected chi connectivity index (χ4v) is 4.34. The van der Waals surface area contributed by atoms with Gasteiger partial charge < -0.3 is 10.1 Å². The molecule has 3 rings (SSSR count). The standard InChI is InChI=1S/C18H23ClN2O4S/c1-26(23,24)21-12-17(25-16-8-7-14(19)11-15(16)21)18(22)20-10-9-13-5-3-2-4-6-13/h5,7-8,11,17H,2-4,6,9-10,12H2,1H3,(H,20,22)/t17-/m0/s1. The SMILES string of the molecule is CS(=O)(=O)N1C[C@@H](C(=O)NCCC2=CCCCC2)Oc2ccc(Cl)cc21. The van der Waals surface area contributed by atoms with Gasteiger partial charge >= 0.3 is 0 Å². The number of carbonyl (C=O) groups is 1. The molecule has 1 aliphatic heterocycles. The molecule has 0 fully saturated rings. The maximum absolute atomic E-state index is 12.5. The molecule has 0 saturated carbocycles. The highest BCUT2D eigenvalue weighted by molar-refractivity contribution is 7.92. The quantitative estimate of drug-likeness (QED) is 0.774. The number of rotatable bonds is 5. The van der Waals surface area contributed by atoms with Crippen LogP contribution >= 0.6 is 11.6 Å². The van der Waals surface area contributed by atoms with E-state index in [1.54, 1.807) is 12.1 Å². The third kappa shape index (κ3) is 4.51. The van der Waals surface area contributed by atoms with Gasteiger partial charge in [-0.25, -0.2) is 8.42 Å². The van der Waals surface area contributed by atoms with Gasteiger partial charge in [-0.1, -0.05) is 23.3 Å². The number of hydrogen-bond acceptors (Lipinski definition) is 4. The lowest BCUT2D eigenvalue weighted by Gasteiger charge is -2.34. The Hall–Kier alpha value is -1.73. The van der Waals surface area contributed by atoms with Crippen molar-refractivity contribution in [1.82, 2.24) is 5.32 Å². The number of anilines is 1. The van der Waals surface area contributed by atoms with Crippen molar-refractivity contribution in [3.63, 3.8) is 0 Å². The summed E-state index contributed by atoms with van der Waals surface area (Å²) in [7, 11) is -3.55. The fraction of sp³-hybridized carbons (Fsp3) is 0.500. The number of nitrogens with one attached hydrogen (secondary N) is 1. The minimum absolute atomic E-state index is 0.0687. The summed E-state index contributed by atoms with van der Waals surface area (Å²) >= 11 is 5.97. The van der Waals surface area contributed by atoms with Gasteiger partial charge in [-0.3, -0.25) is 9.10 Å². The summed E-state index contributed by atoms with van der Waals surface area (Å²) in [6.07, 6.45) is 7.92. The number of hydrogen-bond donors (Lipinski definition) is 1. The molecular formula is C18H23ClN2O4S. The van der Waals surface area contributed by atoms with Crippen LogP contribution < -0.4 is 14.4 Å². The zero-order valence-corrected chi connectivity index (χ0v) is 16.3. The van der Waals surface area contributed by atoms with Gasteiger partial charge in [0.2, 0.25) is 10.0 Å². The first-order valence-electron chi connectivity index (χ1n) is 8.74. The van der Waals surface area contributed by atoms with Crippen molar-refractivity contribution in [2.75, 3.05) is 23.7 Å². The summed E-state index contributed by atoms with van der Waals surface area (Å²) in [6, 6.07) is 4.72. The van der Waals surface area contributed by atoms with Gasteiger partial charge in [0, 0.05) is 11.6 Å². The van der Waals surface area contributed by atoms with Gasteiger partial charge in [-0.15, -0.1) is 0 Å². The van der Waals surface area contributed by atoms with Crippen LogP contribution in [-0.4, -0.2) is 39.8 Å². The number of allylic oxidation sites excluding steroid dienone is 1. The highest BCUT2D eigenvalue weighted by atomic mass is 35.5. The van der Waals surface area contributed by atoms with E-state index < -0.39 is 16.1 Å². The maximum Gasteiger partial charge on any atom is 0.263 e. The molecule has 1 N–H and O–H groups in total. The molecule has 0 unspecified atom stereocenters. The Morgan fingerprint density at radius 2 is 2.19 bits per heavy atom. The van der Waals surface area contributed by atoms with Crippen molar-refractivity contribution >= 4 is 33.2 Å². The fourth-order valence-electron chi connectivity index (χ4n) is 3.27. The van der Waals surface area contributed by atoms with E-state index in [1.165, 1.54) is 28.8 Å². The lowest BCUT2D eigenvalue weighted by atomic mass is 9.97. The molecule has 0 aromatic heterocycles. The Morgan fingerprint density at radius 1 is 1.38 bits per heavy atom. The summed E-state index contributed by atoms with van der Waals surface area (Å²) < 4.78 is 31.2. The van der Waals surface area contributed by atoms with Gasteiger partial charge in [0.15, 0.2) is 6.10 Å². The first kappa shape index (κ1) is 19.0. The molecule has 1 heterocycles. The Kier molecular flexibility index (Phi) is 5.77. The second kappa shape index (κ2) is 7.88. The maximum atomic E-state index is 12.5. The van der Waals surface area contributed by atoms with Crippen LogP contribution in [0.2, 0.25) is 5.02 Å². The molecule has 0 spiro atoms. The average molecular weight is 399 g/mol. The third-order valence-electron chi connectivity index (χ3n) is 4.61. The van der Waals surface area contributed by atoms with Crippen molar-refractivity contribution in [3.8, 4) is 5.75 Å². The first-order chi connectivity index (χ1) is 12.3. The number of fused-ring (bicyclic) bond motifs is 1. The highest BCUT2D eigenvalue weighted by Gasteiger charge is 2.35. The molecule has 2 aliphatic rings. The Balaban J connectivity index is 1.67. The van der Waals surface area contributed by atoms with E-state index in [9.17, 15) is 13.2 Å². The van der Waals surface area contributed by atoms with Crippen molar-refractivity contribution < 1.29 is 17.9 Å². The number of halogens is 1. The van der Waals surface area contributed by atoms with E-state index in [0.717, 1.165) is 25.5 Å². The highest BCUT2D eigenvalue weighted by Crippen LogP contribution is 2.37. The Labute approximate surface area is 159 Å². The smallest absolute Gasteiger partial charge is 0.263 e. The van der Waals surface area contributed by atoms with Crippen LogP contribution in [0.25, 0.3) is 0 Å². The second-order valence-corrected chi connectivity index (χ2v) is 9.01. The molecule has 6 nitrogen and oxygen atoms in total. The third-order valence-corrected chi connectivity index (χ3v) is 6.00. The number of nitrogens with zero attached hydrogens (tertiary/aromatic N) is 1. The predicted molar refractivity (Wildman–Crippen MR) is 102 cm³/mol. The Bertz CT molecular complexity index is 822. The van der Waals surface area contributed by atoms with Crippen LogP contribution in [-0.2, 0) is 14.8 Å². The summed E-state index contributed by atoms with van der Waals surface area (Å²) in [4.78, 5) is 12.5. The van der Waals surface area contributed by atoms with E-state index >= 15 is 0 Å². The summed E-state index contributed by atoms with van der Waals surface area (Å²) in [5, 5.41) is 3.27. The zero-order chi connectivity index (χ0) is 18.7. The normalized spacial score (nSPS) is 20.0. The Morgan fingerprint density at radius 3 is 2.88 bits per heavy atom. The molecule has 8 heteroatoms.